The molecule has 0 radical (unpaired) electrons. The molecule has 0 fully saturated rings. The summed E-state index contributed by atoms with van der Waals surface area (Å²) in [6.07, 6.45) is 4.10. The van der Waals surface area contributed by atoms with Crippen molar-refractivity contribution in [3.05, 3.63) is 47.9 Å². The number of allylic oxidation sites excluding steroid dienone is 2. The molecule has 0 spiro atoms. The van der Waals surface area contributed by atoms with Crippen molar-refractivity contribution in [2.24, 2.45) is 11.5 Å². The molecule has 13 heavy (non-hydrogen) atoms. The molecule has 1 atom stereocenters. The largest absolute Gasteiger partial charge is 0.508 e. The van der Waals surface area contributed by atoms with Crippen molar-refractivity contribution >= 4 is 0 Å². The molecular formula is C10H14N2O. The molecule has 1 aliphatic rings. The molecule has 1 rings (SSSR count). The summed E-state index contributed by atoms with van der Waals surface area (Å²) in [5.74, 6) is -0.00203. The minimum absolute atomic E-state index is 0.00203. The first-order valence-electron chi connectivity index (χ1n) is 4.02. The Labute approximate surface area is 77.7 Å². The molecule has 3 nitrogen and oxygen atoms in total. The molecule has 0 saturated carbocycles. The number of rotatable bonds is 2. The fourth-order valence-electron chi connectivity index (χ4n) is 1.24. The van der Waals surface area contributed by atoms with Crippen LogP contribution in [0.1, 0.15) is 6.42 Å². The second kappa shape index (κ2) is 3.49. The Morgan fingerprint density at radius 1 is 1.62 bits per heavy atom. The zero-order valence-electron chi connectivity index (χ0n) is 7.46. The van der Waals surface area contributed by atoms with Crippen LogP contribution in [0.2, 0.25) is 0 Å². The molecule has 3 heteroatoms. The molecule has 70 valence electrons. The number of hydrogen-bond donors (Lipinski definition) is 3. The lowest BCUT2D eigenvalue weighted by atomic mass is 9.91. The van der Waals surface area contributed by atoms with Crippen LogP contribution >= 0.6 is 0 Å². The normalized spacial score (nSPS) is 23.0. The van der Waals surface area contributed by atoms with Gasteiger partial charge in [0, 0.05) is 0 Å². The molecule has 5 N–H and O–H groups in total. The monoisotopic (exact) mass is 178 g/mol. The lowest BCUT2D eigenvalue weighted by Crippen LogP contribution is -2.30. The third-order valence-electron chi connectivity index (χ3n) is 2.07. The van der Waals surface area contributed by atoms with Crippen molar-refractivity contribution < 1.29 is 5.11 Å². The molecule has 0 heterocycles. The van der Waals surface area contributed by atoms with Crippen LogP contribution in [0.25, 0.3) is 0 Å². The molecule has 0 aliphatic heterocycles. The van der Waals surface area contributed by atoms with E-state index in [1.807, 2.05) is 0 Å². The van der Waals surface area contributed by atoms with Crippen molar-refractivity contribution in [2.45, 2.75) is 12.5 Å². The second-order valence-corrected chi connectivity index (χ2v) is 3.01. The predicted molar refractivity (Wildman–Crippen MR) is 53.9 cm³/mol. The third kappa shape index (κ3) is 1.65. The van der Waals surface area contributed by atoms with Crippen LogP contribution in [-0.4, -0.2) is 11.1 Å². The van der Waals surface area contributed by atoms with E-state index in [0.29, 0.717) is 17.7 Å². The molecule has 0 amide bonds. The maximum absolute atomic E-state index is 9.40. The van der Waals surface area contributed by atoms with E-state index in [-0.39, 0.29) is 5.76 Å². The van der Waals surface area contributed by atoms with E-state index in [0.717, 1.165) is 5.57 Å². The van der Waals surface area contributed by atoms with Gasteiger partial charge in [0.2, 0.25) is 0 Å². The highest BCUT2D eigenvalue weighted by molar-refractivity contribution is 5.48. The Kier molecular flexibility index (Phi) is 2.58. The predicted octanol–water partition coefficient (Wildman–Crippen LogP) is 1.11. The first kappa shape index (κ1) is 9.61. The van der Waals surface area contributed by atoms with E-state index in [2.05, 4.69) is 13.2 Å². The van der Waals surface area contributed by atoms with Crippen LogP contribution in [0.5, 0.6) is 0 Å². The number of nitrogens with two attached hydrogens (primary N) is 2. The van der Waals surface area contributed by atoms with Crippen molar-refractivity contribution in [3.8, 4) is 0 Å². The summed E-state index contributed by atoms with van der Waals surface area (Å²) in [4.78, 5) is 0. The van der Waals surface area contributed by atoms with E-state index in [9.17, 15) is 5.11 Å². The number of aliphatic hydroxyl groups excluding tert-OH is 1. The Morgan fingerprint density at radius 2 is 2.23 bits per heavy atom. The highest BCUT2D eigenvalue weighted by Crippen LogP contribution is 2.25. The van der Waals surface area contributed by atoms with Crippen LogP contribution in [-0.2, 0) is 0 Å². The average molecular weight is 178 g/mol. The molecule has 0 saturated heterocycles. The minimum atomic E-state index is -0.569. The molecule has 0 aromatic rings. The molecule has 0 bridgehead atoms. The zero-order chi connectivity index (χ0) is 10.0. The molecule has 0 aromatic heterocycles. The Balaban J connectivity index is 3.04. The van der Waals surface area contributed by atoms with Crippen LogP contribution in [0, 0.1) is 0 Å². The summed E-state index contributed by atoms with van der Waals surface area (Å²) in [6, 6.07) is -0.569. The summed E-state index contributed by atoms with van der Waals surface area (Å²) in [6.45, 7) is 7.41. The second-order valence-electron chi connectivity index (χ2n) is 3.01. The van der Waals surface area contributed by atoms with E-state index in [1.165, 1.54) is 0 Å². The van der Waals surface area contributed by atoms with Gasteiger partial charge in [0.15, 0.2) is 0 Å². The Hall–Kier alpha value is -1.48. The summed E-state index contributed by atoms with van der Waals surface area (Å²) >= 11 is 0. The van der Waals surface area contributed by atoms with Gasteiger partial charge in [-0.2, -0.15) is 0 Å². The molecular weight excluding hydrogens is 164 g/mol. The minimum Gasteiger partial charge on any atom is -0.508 e. The summed E-state index contributed by atoms with van der Waals surface area (Å²) < 4.78 is 0. The van der Waals surface area contributed by atoms with E-state index in [1.54, 1.807) is 12.2 Å². The van der Waals surface area contributed by atoms with E-state index >= 15 is 0 Å². The van der Waals surface area contributed by atoms with Crippen molar-refractivity contribution in [2.75, 3.05) is 0 Å². The van der Waals surface area contributed by atoms with Crippen LogP contribution in [0.4, 0.5) is 0 Å². The fourth-order valence-corrected chi connectivity index (χ4v) is 1.24. The van der Waals surface area contributed by atoms with Gasteiger partial charge in [0.05, 0.1) is 11.7 Å². The van der Waals surface area contributed by atoms with Gasteiger partial charge in [-0.1, -0.05) is 12.7 Å². The van der Waals surface area contributed by atoms with Gasteiger partial charge < -0.3 is 16.6 Å². The number of hydrogen-bond acceptors (Lipinski definition) is 3. The standard InChI is InChI=1S/C10H14N2O/c1-3-4-7-5-8(11)10(13)9(12)6(7)2/h3,5,9,13H,1-2,4,11-12H2. The zero-order valence-corrected chi connectivity index (χ0v) is 7.46. The third-order valence-corrected chi connectivity index (χ3v) is 2.07. The quantitative estimate of drug-likeness (QED) is 0.555. The van der Waals surface area contributed by atoms with Gasteiger partial charge in [-0.05, 0) is 23.6 Å². The summed E-state index contributed by atoms with van der Waals surface area (Å²) in [5, 5.41) is 9.40. The first-order chi connectivity index (χ1) is 6.07. The van der Waals surface area contributed by atoms with E-state index < -0.39 is 6.04 Å². The van der Waals surface area contributed by atoms with Crippen LogP contribution < -0.4 is 11.5 Å². The Bertz CT molecular complexity index is 313. The lowest BCUT2D eigenvalue weighted by Gasteiger charge is -2.22. The number of aliphatic hydroxyl groups is 1. The topological polar surface area (TPSA) is 72.3 Å². The van der Waals surface area contributed by atoms with Gasteiger partial charge in [0.1, 0.15) is 5.76 Å². The summed E-state index contributed by atoms with van der Waals surface area (Å²) in [5.41, 5.74) is 13.2. The van der Waals surface area contributed by atoms with Crippen LogP contribution in [0.15, 0.2) is 47.9 Å². The van der Waals surface area contributed by atoms with Crippen molar-refractivity contribution in [3.63, 3.8) is 0 Å². The SMILES string of the molecule is C=CCC1=CC(N)=C(O)C(N)C1=C. The first-order valence-corrected chi connectivity index (χ1v) is 4.02. The molecule has 1 unspecified atom stereocenters. The van der Waals surface area contributed by atoms with Crippen molar-refractivity contribution in [1.82, 2.24) is 0 Å². The highest BCUT2D eigenvalue weighted by Gasteiger charge is 2.21. The molecule has 1 aliphatic carbocycles. The summed E-state index contributed by atoms with van der Waals surface area (Å²) in [7, 11) is 0. The van der Waals surface area contributed by atoms with Gasteiger partial charge in [-0.15, -0.1) is 6.58 Å². The highest BCUT2D eigenvalue weighted by atomic mass is 16.3. The maximum atomic E-state index is 9.40. The van der Waals surface area contributed by atoms with Gasteiger partial charge in [-0.25, -0.2) is 0 Å². The average Bonchev–Trinajstić information content (AvgIpc) is 2.11. The van der Waals surface area contributed by atoms with Crippen LogP contribution in [0.3, 0.4) is 0 Å². The maximum Gasteiger partial charge on any atom is 0.136 e. The van der Waals surface area contributed by atoms with Crippen molar-refractivity contribution in [1.29, 1.82) is 0 Å². The smallest absolute Gasteiger partial charge is 0.136 e. The van der Waals surface area contributed by atoms with E-state index in [4.69, 9.17) is 11.5 Å². The Morgan fingerprint density at radius 3 is 2.77 bits per heavy atom. The fraction of sp³-hybridized carbons (Fsp3) is 0.200. The molecule has 0 aromatic carbocycles. The van der Waals surface area contributed by atoms with Gasteiger partial charge >= 0.3 is 0 Å². The van der Waals surface area contributed by atoms with Gasteiger partial charge in [0.25, 0.3) is 0 Å². The lowest BCUT2D eigenvalue weighted by molar-refractivity contribution is 0.372. The van der Waals surface area contributed by atoms with Gasteiger partial charge in [-0.3, -0.25) is 0 Å².